The molecule has 0 radical (unpaired) electrons. The van der Waals surface area contributed by atoms with Crippen molar-refractivity contribution in [3.63, 3.8) is 0 Å². The Labute approximate surface area is 128 Å². The van der Waals surface area contributed by atoms with Crippen molar-refractivity contribution in [1.29, 1.82) is 0 Å². The summed E-state index contributed by atoms with van der Waals surface area (Å²) < 4.78 is 5.98. The highest BCUT2D eigenvalue weighted by Crippen LogP contribution is 2.34. The van der Waals surface area contributed by atoms with Crippen LogP contribution in [0.4, 0.5) is 0 Å². The second-order valence-electron chi connectivity index (χ2n) is 6.10. The summed E-state index contributed by atoms with van der Waals surface area (Å²) >= 11 is 0. The smallest absolute Gasteiger partial charge is 0.339 e. The summed E-state index contributed by atoms with van der Waals surface area (Å²) in [7, 11) is 0. The Kier molecular flexibility index (Phi) is 4.01. The standard InChI is InChI=1S/C18H20O4/c1-11-15(19)13-9-6-10-14(18(20)21)17(13)22-16(11)12-7-4-2-3-5-8-12/h6,9-10,12H,2-5,7-8H2,1H3,(H,20,21). The molecule has 22 heavy (non-hydrogen) atoms. The maximum absolute atomic E-state index is 12.6. The van der Waals surface area contributed by atoms with Gasteiger partial charge in [-0.1, -0.05) is 31.7 Å². The Hall–Kier alpha value is -2.10. The topological polar surface area (TPSA) is 67.5 Å². The fourth-order valence-electron chi connectivity index (χ4n) is 3.43. The van der Waals surface area contributed by atoms with Gasteiger partial charge in [-0.25, -0.2) is 4.79 Å². The van der Waals surface area contributed by atoms with Gasteiger partial charge in [0.15, 0.2) is 11.0 Å². The van der Waals surface area contributed by atoms with Crippen molar-refractivity contribution < 1.29 is 14.3 Å². The van der Waals surface area contributed by atoms with Crippen LogP contribution in [0, 0.1) is 6.92 Å². The summed E-state index contributed by atoms with van der Waals surface area (Å²) in [5, 5.41) is 9.68. The lowest BCUT2D eigenvalue weighted by atomic mass is 9.93. The zero-order chi connectivity index (χ0) is 15.7. The highest BCUT2D eigenvalue weighted by atomic mass is 16.4. The first kappa shape index (κ1) is 14.8. The van der Waals surface area contributed by atoms with Gasteiger partial charge in [-0.2, -0.15) is 0 Å². The van der Waals surface area contributed by atoms with E-state index in [1.807, 2.05) is 0 Å². The second-order valence-corrected chi connectivity index (χ2v) is 6.10. The zero-order valence-corrected chi connectivity index (χ0v) is 12.7. The molecule has 1 aromatic carbocycles. The van der Waals surface area contributed by atoms with Crippen LogP contribution in [0.15, 0.2) is 27.4 Å². The highest BCUT2D eigenvalue weighted by Gasteiger charge is 2.23. The molecule has 3 rings (SSSR count). The molecular formula is C18H20O4. The van der Waals surface area contributed by atoms with Crippen molar-refractivity contribution >= 4 is 16.9 Å². The van der Waals surface area contributed by atoms with E-state index in [0.29, 0.717) is 16.7 Å². The van der Waals surface area contributed by atoms with Crippen molar-refractivity contribution in [3.05, 3.63) is 45.3 Å². The van der Waals surface area contributed by atoms with E-state index in [0.717, 1.165) is 25.7 Å². The van der Waals surface area contributed by atoms with Crippen LogP contribution >= 0.6 is 0 Å². The fraction of sp³-hybridized carbons (Fsp3) is 0.444. The molecule has 1 aromatic heterocycles. The molecule has 4 nitrogen and oxygen atoms in total. The summed E-state index contributed by atoms with van der Waals surface area (Å²) in [6.45, 7) is 1.79. The number of aromatic carboxylic acids is 1. The van der Waals surface area contributed by atoms with Gasteiger partial charge < -0.3 is 9.52 Å². The van der Waals surface area contributed by atoms with Gasteiger partial charge in [0.1, 0.15) is 11.3 Å². The molecule has 0 bridgehead atoms. The first-order chi connectivity index (χ1) is 10.6. The molecular weight excluding hydrogens is 280 g/mol. The van der Waals surface area contributed by atoms with E-state index in [2.05, 4.69) is 0 Å². The number of para-hydroxylation sites is 1. The normalized spacial score (nSPS) is 16.6. The number of rotatable bonds is 2. The van der Waals surface area contributed by atoms with Gasteiger partial charge in [0.2, 0.25) is 0 Å². The predicted octanol–water partition coefficient (Wildman–Crippen LogP) is 4.24. The van der Waals surface area contributed by atoms with E-state index in [1.54, 1.807) is 19.1 Å². The number of benzene rings is 1. The third-order valence-electron chi connectivity index (χ3n) is 4.64. The van der Waals surface area contributed by atoms with Crippen LogP contribution in [-0.4, -0.2) is 11.1 Å². The van der Waals surface area contributed by atoms with Crippen LogP contribution in [0.1, 0.15) is 66.1 Å². The third-order valence-corrected chi connectivity index (χ3v) is 4.64. The number of hydrogen-bond donors (Lipinski definition) is 1. The Morgan fingerprint density at radius 2 is 1.86 bits per heavy atom. The van der Waals surface area contributed by atoms with Crippen LogP contribution in [0.2, 0.25) is 0 Å². The van der Waals surface area contributed by atoms with E-state index in [4.69, 9.17) is 4.42 Å². The Balaban J connectivity index is 2.22. The average molecular weight is 300 g/mol. The van der Waals surface area contributed by atoms with E-state index in [-0.39, 0.29) is 22.5 Å². The average Bonchev–Trinajstić information content (AvgIpc) is 2.79. The summed E-state index contributed by atoms with van der Waals surface area (Å²) in [6.07, 6.45) is 6.70. The largest absolute Gasteiger partial charge is 0.478 e. The molecule has 1 aliphatic carbocycles. The molecule has 0 saturated heterocycles. The molecule has 0 unspecified atom stereocenters. The Morgan fingerprint density at radius 3 is 2.50 bits per heavy atom. The minimum atomic E-state index is -1.07. The molecule has 1 N–H and O–H groups in total. The van der Waals surface area contributed by atoms with Crippen molar-refractivity contribution in [2.24, 2.45) is 0 Å². The lowest BCUT2D eigenvalue weighted by Gasteiger charge is -2.16. The molecule has 2 aromatic rings. The molecule has 0 spiro atoms. The van der Waals surface area contributed by atoms with Gasteiger partial charge in [-0.05, 0) is 31.9 Å². The van der Waals surface area contributed by atoms with Gasteiger partial charge >= 0.3 is 5.97 Å². The van der Waals surface area contributed by atoms with E-state index in [9.17, 15) is 14.7 Å². The second kappa shape index (κ2) is 5.95. The molecule has 0 atom stereocenters. The number of carboxylic acids is 1. The van der Waals surface area contributed by atoms with E-state index < -0.39 is 5.97 Å². The van der Waals surface area contributed by atoms with Gasteiger partial charge in [-0.3, -0.25) is 4.79 Å². The van der Waals surface area contributed by atoms with Crippen LogP contribution in [-0.2, 0) is 0 Å². The summed E-state index contributed by atoms with van der Waals surface area (Å²) in [4.78, 5) is 24.0. The summed E-state index contributed by atoms with van der Waals surface area (Å²) in [6, 6.07) is 4.71. The zero-order valence-electron chi connectivity index (χ0n) is 12.7. The lowest BCUT2D eigenvalue weighted by molar-refractivity contribution is 0.0697. The Bertz CT molecular complexity index is 764. The summed E-state index contributed by atoms with van der Waals surface area (Å²) in [5.74, 6) is -0.154. The molecule has 1 fully saturated rings. The monoisotopic (exact) mass is 300 g/mol. The van der Waals surface area contributed by atoms with Crippen LogP contribution in [0.3, 0.4) is 0 Å². The highest BCUT2D eigenvalue weighted by molar-refractivity contribution is 6.00. The predicted molar refractivity (Wildman–Crippen MR) is 84.6 cm³/mol. The quantitative estimate of drug-likeness (QED) is 0.842. The minimum absolute atomic E-state index is 0.0597. The number of hydrogen-bond acceptors (Lipinski definition) is 3. The van der Waals surface area contributed by atoms with Crippen LogP contribution in [0.5, 0.6) is 0 Å². The maximum atomic E-state index is 12.6. The van der Waals surface area contributed by atoms with Gasteiger partial charge in [0.25, 0.3) is 0 Å². The molecule has 4 heteroatoms. The number of fused-ring (bicyclic) bond motifs is 1. The minimum Gasteiger partial charge on any atom is -0.478 e. The fourth-order valence-corrected chi connectivity index (χ4v) is 3.43. The van der Waals surface area contributed by atoms with Crippen molar-refractivity contribution in [2.75, 3.05) is 0 Å². The summed E-state index contributed by atoms with van der Waals surface area (Å²) in [5.41, 5.74) is 0.792. The SMILES string of the molecule is Cc1c(C2CCCCCC2)oc2c(C(=O)O)cccc2c1=O. The molecule has 116 valence electrons. The molecule has 1 aliphatic rings. The molecule has 0 amide bonds. The van der Waals surface area contributed by atoms with Gasteiger partial charge in [0.05, 0.1) is 5.39 Å². The third kappa shape index (κ3) is 2.54. The number of carboxylic acid groups (broad SMARTS) is 1. The van der Waals surface area contributed by atoms with Gasteiger partial charge in [-0.15, -0.1) is 0 Å². The lowest BCUT2D eigenvalue weighted by Crippen LogP contribution is -2.13. The maximum Gasteiger partial charge on any atom is 0.339 e. The van der Waals surface area contributed by atoms with Crippen molar-refractivity contribution in [1.82, 2.24) is 0 Å². The van der Waals surface area contributed by atoms with Crippen LogP contribution < -0.4 is 5.43 Å². The number of carbonyl (C=O) groups is 1. The van der Waals surface area contributed by atoms with Crippen molar-refractivity contribution in [2.45, 2.75) is 51.4 Å². The van der Waals surface area contributed by atoms with Gasteiger partial charge in [0, 0.05) is 11.5 Å². The molecule has 1 saturated carbocycles. The Morgan fingerprint density at radius 1 is 1.18 bits per heavy atom. The van der Waals surface area contributed by atoms with E-state index in [1.165, 1.54) is 18.9 Å². The van der Waals surface area contributed by atoms with Crippen molar-refractivity contribution in [3.8, 4) is 0 Å². The first-order valence-electron chi connectivity index (χ1n) is 7.89. The van der Waals surface area contributed by atoms with Crippen LogP contribution in [0.25, 0.3) is 11.0 Å². The van der Waals surface area contributed by atoms with E-state index >= 15 is 0 Å². The first-order valence-corrected chi connectivity index (χ1v) is 7.89. The molecule has 1 heterocycles. The molecule has 0 aliphatic heterocycles.